The van der Waals surface area contributed by atoms with Crippen molar-refractivity contribution in [3.05, 3.63) is 23.8 Å². The molecule has 0 spiro atoms. The second-order valence-electron chi connectivity index (χ2n) is 4.26. The summed E-state index contributed by atoms with van der Waals surface area (Å²) < 4.78 is 4.83. The topological polar surface area (TPSA) is 114 Å². The van der Waals surface area contributed by atoms with Gasteiger partial charge in [0.15, 0.2) is 0 Å². The maximum absolute atomic E-state index is 11.8. The van der Waals surface area contributed by atoms with Crippen LogP contribution in [-0.2, 0) is 9.53 Å². The van der Waals surface area contributed by atoms with Crippen molar-refractivity contribution in [1.29, 1.82) is 0 Å². The van der Waals surface area contributed by atoms with Gasteiger partial charge in [-0.15, -0.1) is 0 Å². The zero-order valence-electron chi connectivity index (χ0n) is 11.5. The van der Waals surface area contributed by atoms with E-state index < -0.39 is 12.0 Å². The Bertz CT molecular complexity index is 491. The Morgan fingerprint density at radius 3 is 2.75 bits per heavy atom. The van der Waals surface area contributed by atoms with Crippen molar-refractivity contribution in [3.63, 3.8) is 0 Å². The van der Waals surface area contributed by atoms with Gasteiger partial charge in [0.05, 0.1) is 17.9 Å². The minimum absolute atomic E-state index is 0.0655. The molecule has 0 heterocycles. The van der Waals surface area contributed by atoms with Crippen LogP contribution in [0.3, 0.4) is 0 Å². The highest BCUT2D eigenvalue weighted by molar-refractivity contribution is 5.96. The number of carboxylic acids is 1. The number of nitrogens with two attached hydrogens (primary N) is 1. The van der Waals surface area contributed by atoms with Crippen molar-refractivity contribution < 1.29 is 19.4 Å². The maximum atomic E-state index is 11.8. The second kappa shape index (κ2) is 7.34. The molecule has 0 fully saturated rings. The van der Waals surface area contributed by atoms with E-state index in [0.29, 0.717) is 24.5 Å². The van der Waals surface area contributed by atoms with Crippen LogP contribution in [0, 0.1) is 0 Å². The Morgan fingerprint density at radius 2 is 2.15 bits per heavy atom. The fourth-order valence-corrected chi connectivity index (χ4v) is 1.60. The number of ether oxygens (including phenoxy) is 1. The lowest BCUT2D eigenvalue weighted by atomic mass is 10.1. The number of anilines is 2. The number of nitrogens with one attached hydrogen (secondary N) is 2. The van der Waals surface area contributed by atoms with Crippen LogP contribution < -0.4 is 16.4 Å². The van der Waals surface area contributed by atoms with Gasteiger partial charge < -0.3 is 26.2 Å². The summed E-state index contributed by atoms with van der Waals surface area (Å²) in [4.78, 5) is 22.9. The molecule has 0 aliphatic rings. The Hall–Kier alpha value is -2.28. The van der Waals surface area contributed by atoms with Crippen LogP contribution in [0.15, 0.2) is 18.2 Å². The standard InChI is InChI=1S/C13H19N3O4/c1-8(12(17)15-5-6-20-2)16-11-7-9(14)3-4-10(11)13(18)19/h3-4,7-8,16H,5-6,14H2,1-2H3,(H,15,17)(H,18,19). The molecule has 0 saturated heterocycles. The van der Waals surface area contributed by atoms with Crippen molar-refractivity contribution in [2.45, 2.75) is 13.0 Å². The van der Waals surface area contributed by atoms with Crippen LogP contribution in [0.5, 0.6) is 0 Å². The maximum Gasteiger partial charge on any atom is 0.337 e. The number of methoxy groups -OCH3 is 1. The minimum atomic E-state index is -1.08. The molecule has 1 amide bonds. The molecule has 1 atom stereocenters. The Kier molecular flexibility index (Phi) is 5.79. The number of carboxylic acid groups (broad SMARTS) is 1. The molecule has 1 aromatic rings. The first-order chi connectivity index (χ1) is 9.45. The van der Waals surface area contributed by atoms with Crippen LogP contribution in [0.4, 0.5) is 11.4 Å². The lowest BCUT2D eigenvalue weighted by Crippen LogP contribution is -2.39. The van der Waals surface area contributed by atoms with Gasteiger partial charge in [0, 0.05) is 19.3 Å². The van der Waals surface area contributed by atoms with E-state index in [4.69, 9.17) is 15.6 Å². The Balaban J connectivity index is 2.74. The lowest BCUT2D eigenvalue weighted by Gasteiger charge is -2.17. The summed E-state index contributed by atoms with van der Waals surface area (Å²) in [6.45, 7) is 2.44. The molecular weight excluding hydrogens is 262 g/mol. The molecule has 1 unspecified atom stereocenters. The molecule has 0 bridgehead atoms. The molecule has 1 rings (SSSR count). The minimum Gasteiger partial charge on any atom is -0.478 e. The molecule has 0 radical (unpaired) electrons. The fraction of sp³-hybridized carbons (Fsp3) is 0.385. The third kappa shape index (κ3) is 4.43. The van der Waals surface area contributed by atoms with Gasteiger partial charge >= 0.3 is 5.97 Å². The molecule has 1 aromatic carbocycles. The first-order valence-electron chi connectivity index (χ1n) is 6.11. The van der Waals surface area contributed by atoms with Crippen LogP contribution >= 0.6 is 0 Å². The predicted octanol–water partition coefficient (Wildman–Crippen LogP) is 0.530. The van der Waals surface area contributed by atoms with Gasteiger partial charge in [-0.3, -0.25) is 4.79 Å². The molecule has 20 heavy (non-hydrogen) atoms. The quantitative estimate of drug-likeness (QED) is 0.428. The second-order valence-corrected chi connectivity index (χ2v) is 4.26. The summed E-state index contributed by atoms with van der Waals surface area (Å²) in [5, 5.41) is 14.6. The highest BCUT2D eigenvalue weighted by atomic mass is 16.5. The zero-order chi connectivity index (χ0) is 15.1. The fourth-order valence-electron chi connectivity index (χ4n) is 1.60. The molecule has 7 nitrogen and oxygen atoms in total. The van der Waals surface area contributed by atoms with Crippen LogP contribution in [0.2, 0.25) is 0 Å². The number of amides is 1. The van der Waals surface area contributed by atoms with Crippen LogP contribution in [0.1, 0.15) is 17.3 Å². The van der Waals surface area contributed by atoms with Crippen molar-refractivity contribution >= 4 is 23.3 Å². The number of hydrogen-bond acceptors (Lipinski definition) is 5. The molecule has 110 valence electrons. The third-order valence-corrected chi connectivity index (χ3v) is 2.64. The first kappa shape index (κ1) is 15.8. The van der Waals surface area contributed by atoms with Crippen molar-refractivity contribution in [1.82, 2.24) is 5.32 Å². The monoisotopic (exact) mass is 281 g/mol. The summed E-state index contributed by atoms with van der Waals surface area (Å²) in [6, 6.07) is 3.79. The van der Waals surface area contributed by atoms with E-state index in [2.05, 4.69) is 10.6 Å². The number of aromatic carboxylic acids is 1. The number of hydrogen-bond donors (Lipinski definition) is 4. The van der Waals surface area contributed by atoms with Crippen molar-refractivity contribution in [3.8, 4) is 0 Å². The van der Waals surface area contributed by atoms with Gasteiger partial charge in [-0.05, 0) is 25.1 Å². The summed E-state index contributed by atoms with van der Waals surface area (Å²) in [5.74, 6) is -1.33. The van der Waals surface area contributed by atoms with Gasteiger partial charge in [0.2, 0.25) is 5.91 Å². The molecule has 0 aliphatic heterocycles. The number of carbonyl (C=O) groups excluding carboxylic acids is 1. The van der Waals surface area contributed by atoms with E-state index in [1.165, 1.54) is 18.2 Å². The van der Waals surface area contributed by atoms with Gasteiger partial charge in [0.1, 0.15) is 6.04 Å². The van der Waals surface area contributed by atoms with Crippen molar-refractivity contribution in [2.24, 2.45) is 0 Å². The lowest BCUT2D eigenvalue weighted by molar-refractivity contribution is -0.121. The van der Waals surface area contributed by atoms with E-state index >= 15 is 0 Å². The highest BCUT2D eigenvalue weighted by Crippen LogP contribution is 2.20. The molecular formula is C13H19N3O4. The van der Waals surface area contributed by atoms with Gasteiger partial charge in [-0.2, -0.15) is 0 Å². The average molecular weight is 281 g/mol. The smallest absolute Gasteiger partial charge is 0.337 e. The number of carbonyl (C=O) groups is 2. The van der Waals surface area contributed by atoms with Crippen LogP contribution in [-0.4, -0.2) is 43.3 Å². The summed E-state index contributed by atoms with van der Waals surface area (Å²) in [5.41, 5.74) is 6.43. The van der Waals surface area contributed by atoms with E-state index in [1.54, 1.807) is 14.0 Å². The SMILES string of the molecule is COCCNC(=O)C(C)Nc1cc(N)ccc1C(=O)O. The van der Waals surface area contributed by atoms with Crippen LogP contribution in [0.25, 0.3) is 0 Å². The van der Waals surface area contributed by atoms with Gasteiger partial charge in [-0.25, -0.2) is 4.79 Å². The summed E-state index contributed by atoms with van der Waals surface area (Å²) >= 11 is 0. The average Bonchev–Trinajstić information content (AvgIpc) is 2.38. The molecule has 7 heteroatoms. The molecule has 5 N–H and O–H groups in total. The van der Waals surface area contributed by atoms with Gasteiger partial charge in [-0.1, -0.05) is 0 Å². The van der Waals surface area contributed by atoms with Gasteiger partial charge in [0.25, 0.3) is 0 Å². The molecule has 0 aromatic heterocycles. The normalized spacial score (nSPS) is 11.7. The number of benzene rings is 1. The Labute approximate surface area is 117 Å². The predicted molar refractivity (Wildman–Crippen MR) is 75.8 cm³/mol. The van der Waals surface area contributed by atoms with Crippen molar-refractivity contribution in [2.75, 3.05) is 31.3 Å². The Morgan fingerprint density at radius 1 is 1.45 bits per heavy atom. The van der Waals surface area contributed by atoms with E-state index in [9.17, 15) is 9.59 Å². The van der Waals surface area contributed by atoms with E-state index in [1.807, 2.05) is 0 Å². The highest BCUT2D eigenvalue weighted by Gasteiger charge is 2.16. The number of nitrogen functional groups attached to an aromatic ring is 1. The number of rotatable bonds is 7. The third-order valence-electron chi connectivity index (χ3n) is 2.64. The molecule has 0 saturated carbocycles. The van der Waals surface area contributed by atoms with E-state index in [-0.39, 0.29) is 11.5 Å². The summed E-state index contributed by atoms with van der Waals surface area (Å²) in [7, 11) is 1.54. The largest absolute Gasteiger partial charge is 0.478 e. The molecule has 0 aliphatic carbocycles. The zero-order valence-corrected chi connectivity index (χ0v) is 11.5. The first-order valence-corrected chi connectivity index (χ1v) is 6.11. The van der Waals surface area contributed by atoms with E-state index in [0.717, 1.165) is 0 Å². The summed E-state index contributed by atoms with van der Waals surface area (Å²) in [6.07, 6.45) is 0.